The van der Waals surface area contributed by atoms with Crippen molar-refractivity contribution in [2.75, 3.05) is 26.7 Å². The molecule has 0 saturated carbocycles. The molecule has 1 aliphatic heterocycles. The molecule has 4 heteroatoms. The molecule has 1 fully saturated rings. The first-order valence-corrected chi connectivity index (χ1v) is 7.35. The van der Waals surface area contributed by atoms with Gasteiger partial charge in [0.1, 0.15) is 5.75 Å². The van der Waals surface area contributed by atoms with E-state index >= 15 is 0 Å². The zero-order chi connectivity index (χ0) is 15.3. The molecule has 0 aliphatic carbocycles. The maximum Gasteiger partial charge on any atom is 0.123 e. The third kappa shape index (κ3) is 4.47. The number of nitrogens with two attached hydrogens (primary N) is 1. The van der Waals surface area contributed by atoms with Crippen LogP contribution >= 0.6 is 0 Å². The van der Waals surface area contributed by atoms with E-state index in [0.29, 0.717) is 6.54 Å². The number of likely N-dealkylation sites (tertiary alicyclic amines) is 1. The second-order valence-corrected chi connectivity index (χ2v) is 5.81. The van der Waals surface area contributed by atoms with E-state index in [4.69, 9.17) is 10.5 Å². The van der Waals surface area contributed by atoms with Gasteiger partial charge < -0.3 is 15.6 Å². The molecule has 114 valence electrons. The molecule has 0 amide bonds. The van der Waals surface area contributed by atoms with Crippen molar-refractivity contribution < 1.29 is 9.84 Å². The van der Waals surface area contributed by atoms with Crippen molar-refractivity contribution in [2.45, 2.75) is 31.9 Å². The molecule has 2 rings (SSSR count). The van der Waals surface area contributed by atoms with Gasteiger partial charge in [0.15, 0.2) is 0 Å². The van der Waals surface area contributed by atoms with Crippen LogP contribution in [0, 0.1) is 11.8 Å². The summed E-state index contributed by atoms with van der Waals surface area (Å²) in [4.78, 5) is 2.34. The number of nitrogens with zero attached hydrogens (tertiary/aromatic N) is 1. The molecule has 1 heterocycles. The standard InChI is InChI=1S/C17H24N2O2/c1-17(20)7-10-19(11-8-17)13-15-12-14(4-3-9-18)5-6-16(15)21-2/h5-6,12,20H,7-11,13,18H2,1-2H3. The van der Waals surface area contributed by atoms with E-state index in [1.165, 1.54) is 0 Å². The van der Waals surface area contributed by atoms with Gasteiger partial charge in [0, 0.05) is 30.8 Å². The maximum atomic E-state index is 10.0. The first-order valence-electron chi connectivity index (χ1n) is 7.35. The fourth-order valence-electron chi connectivity index (χ4n) is 2.57. The normalized spacial score (nSPS) is 17.9. The van der Waals surface area contributed by atoms with Gasteiger partial charge in [-0.15, -0.1) is 0 Å². The van der Waals surface area contributed by atoms with Gasteiger partial charge in [0.05, 0.1) is 19.3 Å². The van der Waals surface area contributed by atoms with Gasteiger partial charge in [0.25, 0.3) is 0 Å². The Morgan fingerprint density at radius 1 is 1.38 bits per heavy atom. The maximum absolute atomic E-state index is 10.0. The summed E-state index contributed by atoms with van der Waals surface area (Å²) in [6.07, 6.45) is 1.62. The molecule has 1 aliphatic rings. The lowest BCUT2D eigenvalue weighted by Gasteiger charge is -2.36. The van der Waals surface area contributed by atoms with E-state index in [2.05, 4.69) is 22.8 Å². The van der Waals surface area contributed by atoms with E-state index in [1.54, 1.807) is 7.11 Å². The molecule has 1 aromatic rings. The number of methoxy groups -OCH3 is 1. The largest absolute Gasteiger partial charge is 0.496 e. The fraction of sp³-hybridized carbons (Fsp3) is 0.529. The van der Waals surface area contributed by atoms with Crippen molar-refractivity contribution in [1.29, 1.82) is 0 Å². The molecule has 3 N–H and O–H groups in total. The van der Waals surface area contributed by atoms with Crippen molar-refractivity contribution in [2.24, 2.45) is 5.73 Å². The monoisotopic (exact) mass is 288 g/mol. The van der Waals surface area contributed by atoms with Crippen LogP contribution in [0.15, 0.2) is 18.2 Å². The molecule has 1 aromatic carbocycles. The second-order valence-electron chi connectivity index (χ2n) is 5.81. The molecular weight excluding hydrogens is 264 g/mol. The van der Waals surface area contributed by atoms with Crippen LogP contribution in [0.2, 0.25) is 0 Å². The number of benzene rings is 1. The summed E-state index contributed by atoms with van der Waals surface area (Å²) in [6, 6.07) is 5.97. The summed E-state index contributed by atoms with van der Waals surface area (Å²) in [5.41, 5.74) is 6.98. The molecular formula is C17H24N2O2. The van der Waals surface area contributed by atoms with Gasteiger partial charge in [-0.1, -0.05) is 11.8 Å². The van der Waals surface area contributed by atoms with E-state index in [0.717, 1.165) is 49.4 Å². The molecule has 4 nitrogen and oxygen atoms in total. The SMILES string of the molecule is COc1ccc(C#CCN)cc1CN1CCC(C)(O)CC1. The summed E-state index contributed by atoms with van der Waals surface area (Å²) in [7, 11) is 1.69. The Balaban J connectivity index is 2.10. The summed E-state index contributed by atoms with van der Waals surface area (Å²) < 4.78 is 5.44. The summed E-state index contributed by atoms with van der Waals surface area (Å²) in [6.45, 7) is 4.89. The third-order valence-electron chi connectivity index (χ3n) is 3.94. The minimum atomic E-state index is -0.519. The fourth-order valence-corrected chi connectivity index (χ4v) is 2.57. The molecule has 0 spiro atoms. The Hall–Kier alpha value is -1.54. The molecule has 21 heavy (non-hydrogen) atoms. The van der Waals surface area contributed by atoms with Crippen LogP contribution < -0.4 is 10.5 Å². The predicted molar refractivity (Wildman–Crippen MR) is 84.1 cm³/mol. The third-order valence-corrected chi connectivity index (χ3v) is 3.94. The minimum Gasteiger partial charge on any atom is -0.496 e. The quantitative estimate of drug-likeness (QED) is 0.824. The van der Waals surface area contributed by atoms with Gasteiger partial charge in [0.2, 0.25) is 0 Å². The smallest absolute Gasteiger partial charge is 0.123 e. The number of aliphatic hydroxyl groups is 1. The Morgan fingerprint density at radius 3 is 2.71 bits per heavy atom. The van der Waals surface area contributed by atoms with Gasteiger partial charge in [-0.2, -0.15) is 0 Å². The number of ether oxygens (including phenoxy) is 1. The molecule has 0 bridgehead atoms. The molecule has 0 unspecified atom stereocenters. The average Bonchev–Trinajstić information content (AvgIpc) is 2.47. The van der Waals surface area contributed by atoms with E-state index < -0.39 is 5.60 Å². The predicted octanol–water partition coefficient (Wildman–Crippen LogP) is 1.35. The van der Waals surface area contributed by atoms with Gasteiger partial charge >= 0.3 is 0 Å². The van der Waals surface area contributed by atoms with Gasteiger partial charge in [-0.25, -0.2) is 0 Å². The lowest BCUT2D eigenvalue weighted by Crippen LogP contribution is -2.42. The van der Waals surface area contributed by atoms with Crippen molar-refractivity contribution >= 4 is 0 Å². The van der Waals surface area contributed by atoms with E-state index in [1.807, 2.05) is 19.1 Å². The lowest BCUT2D eigenvalue weighted by atomic mass is 9.93. The number of hydrogen-bond donors (Lipinski definition) is 2. The van der Waals surface area contributed by atoms with Crippen molar-refractivity contribution in [1.82, 2.24) is 4.90 Å². The molecule has 0 radical (unpaired) electrons. The summed E-state index contributed by atoms with van der Waals surface area (Å²) >= 11 is 0. The highest BCUT2D eigenvalue weighted by Crippen LogP contribution is 2.26. The summed E-state index contributed by atoms with van der Waals surface area (Å²) in [5, 5.41) is 10.0. The van der Waals surface area contributed by atoms with Gasteiger partial charge in [-0.05, 0) is 38.0 Å². The van der Waals surface area contributed by atoms with E-state index in [-0.39, 0.29) is 0 Å². The average molecular weight is 288 g/mol. The first-order chi connectivity index (χ1) is 10.0. The van der Waals surface area contributed by atoms with Crippen LogP contribution in [-0.4, -0.2) is 42.4 Å². The Morgan fingerprint density at radius 2 is 2.10 bits per heavy atom. The highest BCUT2D eigenvalue weighted by Gasteiger charge is 2.27. The topological polar surface area (TPSA) is 58.7 Å². The second kappa shape index (κ2) is 6.95. The number of piperidine rings is 1. The van der Waals surface area contributed by atoms with Gasteiger partial charge in [-0.3, -0.25) is 4.90 Å². The molecule has 0 aromatic heterocycles. The van der Waals surface area contributed by atoms with Crippen molar-refractivity contribution in [3.05, 3.63) is 29.3 Å². The van der Waals surface area contributed by atoms with Crippen LogP contribution in [0.1, 0.15) is 30.9 Å². The highest BCUT2D eigenvalue weighted by atomic mass is 16.5. The zero-order valence-corrected chi connectivity index (χ0v) is 12.9. The zero-order valence-electron chi connectivity index (χ0n) is 12.9. The van der Waals surface area contributed by atoms with Crippen LogP contribution in [-0.2, 0) is 6.54 Å². The van der Waals surface area contributed by atoms with Crippen LogP contribution in [0.3, 0.4) is 0 Å². The highest BCUT2D eigenvalue weighted by molar-refractivity contribution is 5.44. The number of rotatable bonds is 3. The van der Waals surface area contributed by atoms with Crippen molar-refractivity contribution in [3.8, 4) is 17.6 Å². The van der Waals surface area contributed by atoms with Crippen LogP contribution in [0.5, 0.6) is 5.75 Å². The van der Waals surface area contributed by atoms with Crippen LogP contribution in [0.4, 0.5) is 0 Å². The summed E-state index contributed by atoms with van der Waals surface area (Å²) in [5.74, 6) is 6.81. The number of hydrogen-bond acceptors (Lipinski definition) is 4. The molecule has 0 atom stereocenters. The Kier molecular flexibility index (Phi) is 5.24. The Bertz CT molecular complexity index is 533. The van der Waals surface area contributed by atoms with Crippen molar-refractivity contribution in [3.63, 3.8) is 0 Å². The lowest BCUT2D eigenvalue weighted by molar-refractivity contribution is -0.00742. The Labute approximate surface area is 126 Å². The first kappa shape index (κ1) is 15.8. The van der Waals surface area contributed by atoms with E-state index in [9.17, 15) is 5.11 Å². The van der Waals surface area contributed by atoms with Crippen LogP contribution in [0.25, 0.3) is 0 Å². The molecule has 1 saturated heterocycles. The minimum absolute atomic E-state index is 0.364.